The summed E-state index contributed by atoms with van der Waals surface area (Å²) < 4.78 is 9.98. The van der Waals surface area contributed by atoms with Gasteiger partial charge in [-0.15, -0.1) is 10.2 Å². The quantitative estimate of drug-likeness (QED) is 0.229. The van der Waals surface area contributed by atoms with E-state index < -0.39 is 4.92 Å². The van der Waals surface area contributed by atoms with E-state index in [9.17, 15) is 10.1 Å². The van der Waals surface area contributed by atoms with Gasteiger partial charge >= 0.3 is 5.69 Å². The van der Waals surface area contributed by atoms with Gasteiger partial charge in [-0.05, 0) is 30.0 Å². The summed E-state index contributed by atoms with van der Waals surface area (Å²) in [6.45, 7) is 0. The number of nitro benzene ring substituents is 1. The number of hydrogen-bond donors (Lipinski definition) is 0. The SMILES string of the molecule is O=[N+]([O-])c1c(Sc2nnc3c4ccccc4nc(-c4ccccc4)n23)cc(Cl)c2nsnc12. The summed E-state index contributed by atoms with van der Waals surface area (Å²) >= 11 is 8.32. The molecule has 0 saturated carbocycles. The van der Waals surface area contributed by atoms with Crippen molar-refractivity contribution in [2.45, 2.75) is 10.1 Å². The molecule has 0 unspecified atom stereocenters. The number of nitro groups is 1. The molecule has 0 saturated heterocycles. The van der Waals surface area contributed by atoms with E-state index in [1.165, 1.54) is 6.07 Å². The van der Waals surface area contributed by atoms with E-state index in [1.807, 2.05) is 59.0 Å². The molecule has 3 heterocycles. The van der Waals surface area contributed by atoms with Gasteiger partial charge in [-0.2, -0.15) is 8.75 Å². The fourth-order valence-corrected chi connectivity index (χ4v) is 5.53. The Labute approximate surface area is 198 Å². The standard InChI is InChI=1S/C21H10ClN7O2S2/c22-13-10-15(18(29(30)31)17-16(13)26-33-27-17)32-21-25-24-20-12-8-4-5-9-14(12)23-19(28(20)21)11-6-2-1-3-7-11/h1-10H. The smallest absolute Gasteiger partial charge is 0.258 e. The maximum Gasteiger partial charge on any atom is 0.312 e. The highest BCUT2D eigenvalue weighted by molar-refractivity contribution is 7.99. The second-order valence-electron chi connectivity index (χ2n) is 6.99. The molecule has 0 aliphatic carbocycles. The lowest BCUT2D eigenvalue weighted by molar-refractivity contribution is -0.386. The zero-order valence-corrected chi connectivity index (χ0v) is 18.8. The van der Waals surface area contributed by atoms with Crippen LogP contribution >= 0.6 is 35.1 Å². The van der Waals surface area contributed by atoms with Crippen molar-refractivity contribution in [2.24, 2.45) is 0 Å². The van der Waals surface area contributed by atoms with Crippen molar-refractivity contribution in [3.05, 3.63) is 75.8 Å². The van der Waals surface area contributed by atoms with Crippen molar-refractivity contribution in [3.63, 3.8) is 0 Å². The number of benzene rings is 3. The number of halogens is 1. The van der Waals surface area contributed by atoms with Gasteiger partial charge in [0.15, 0.2) is 11.2 Å². The zero-order valence-electron chi connectivity index (χ0n) is 16.4. The third kappa shape index (κ3) is 3.20. The lowest BCUT2D eigenvalue weighted by Crippen LogP contribution is -2.00. The first-order valence-corrected chi connectivity index (χ1v) is 11.5. The highest BCUT2D eigenvalue weighted by atomic mass is 35.5. The number of rotatable bonds is 4. The molecule has 0 radical (unpaired) electrons. The monoisotopic (exact) mass is 491 g/mol. The summed E-state index contributed by atoms with van der Waals surface area (Å²) in [6, 6.07) is 18.8. The molecule has 6 aromatic rings. The average molecular weight is 492 g/mol. The number of para-hydroxylation sites is 1. The minimum Gasteiger partial charge on any atom is -0.258 e. The van der Waals surface area contributed by atoms with E-state index in [1.54, 1.807) is 0 Å². The van der Waals surface area contributed by atoms with Crippen molar-refractivity contribution in [2.75, 3.05) is 0 Å². The maximum atomic E-state index is 11.9. The molecule has 3 aromatic heterocycles. The fraction of sp³-hybridized carbons (Fsp3) is 0. The van der Waals surface area contributed by atoms with Gasteiger partial charge in [-0.1, -0.05) is 54.1 Å². The van der Waals surface area contributed by atoms with Crippen LogP contribution in [0.1, 0.15) is 0 Å². The van der Waals surface area contributed by atoms with E-state index >= 15 is 0 Å². The van der Waals surface area contributed by atoms with Crippen LogP contribution in [0, 0.1) is 10.1 Å². The van der Waals surface area contributed by atoms with Crippen LogP contribution in [0.5, 0.6) is 0 Å². The lowest BCUT2D eigenvalue weighted by Gasteiger charge is -2.10. The summed E-state index contributed by atoms with van der Waals surface area (Å²) in [5, 5.41) is 22.2. The number of fused-ring (bicyclic) bond motifs is 4. The number of aromatic nitrogens is 6. The first kappa shape index (κ1) is 20.0. The van der Waals surface area contributed by atoms with Gasteiger partial charge in [0, 0.05) is 10.9 Å². The topological polar surface area (TPSA) is 112 Å². The summed E-state index contributed by atoms with van der Waals surface area (Å²) in [5.41, 5.74) is 2.53. The summed E-state index contributed by atoms with van der Waals surface area (Å²) in [4.78, 5) is 16.6. The molecule has 6 rings (SSSR count). The van der Waals surface area contributed by atoms with Crippen molar-refractivity contribution in [1.82, 2.24) is 28.3 Å². The number of nitrogens with zero attached hydrogens (tertiary/aromatic N) is 7. The van der Waals surface area contributed by atoms with Crippen molar-refractivity contribution >= 4 is 68.4 Å². The second kappa shape index (κ2) is 7.73. The molecule has 0 N–H and O–H groups in total. The van der Waals surface area contributed by atoms with Crippen LogP contribution in [0.15, 0.2) is 70.7 Å². The van der Waals surface area contributed by atoms with Gasteiger partial charge in [0.2, 0.25) is 5.16 Å². The molecule has 0 bridgehead atoms. The zero-order chi connectivity index (χ0) is 22.5. The molecule has 0 fully saturated rings. The van der Waals surface area contributed by atoms with Crippen molar-refractivity contribution < 1.29 is 4.92 Å². The molecule has 12 heteroatoms. The molecular weight excluding hydrogens is 482 g/mol. The minimum absolute atomic E-state index is 0.153. The molecular formula is C21H10ClN7O2S2. The van der Waals surface area contributed by atoms with E-state index in [2.05, 4.69) is 18.9 Å². The molecule has 160 valence electrons. The summed E-state index contributed by atoms with van der Waals surface area (Å²) in [6.07, 6.45) is 0. The Morgan fingerprint density at radius 3 is 2.58 bits per heavy atom. The van der Waals surface area contributed by atoms with E-state index in [4.69, 9.17) is 16.6 Å². The Morgan fingerprint density at radius 2 is 1.76 bits per heavy atom. The Hall–Kier alpha value is -3.67. The molecule has 0 atom stereocenters. The first-order valence-electron chi connectivity index (χ1n) is 9.58. The Balaban J connectivity index is 1.63. The third-order valence-corrected chi connectivity index (χ3v) is 6.86. The summed E-state index contributed by atoms with van der Waals surface area (Å²) in [7, 11) is 0. The van der Waals surface area contributed by atoms with Crippen LogP contribution in [0.25, 0.3) is 39.0 Å². The van der Waals surface area contributed by atoms with Crippen LogP contribution in [0.4, 0.5) is 5.69 Å². The van der Waals surface area contributed by atoms with Gasteiger partial charge in [0.25, 0.3) is 0 Å². The van der Waals surface area contributed by atoms with Crippen LogP contribution < -0.4 is 0 Å². The second-order valence-corrected chi connectivity index (χ2v) is 8.93. The normalized spacial score (nSPS) is 11.5. The third-order valence-electron chi connectivity index (χ3n) is 5.06. The van der Waals surface area contributed by atoms with Crippen molar-refractivity contribution in [1.29, 1.82) is 0 Å². The fourth-order valence-electron chi connectivity index (χ4n) is 3.63. The van der Waals surface area contributed by atoms with E-state index in [0.717, 1.165) is 40.0 Å². The van der Waals surface area contributed by atoms with Crippen LogP contribution in [-0.2, 0) is 0 Å². The van der Waals surface area contributed by atoms with Gasteiger partial charge in [0.05, 0.1) is 32.1 Å². The average Bonchev–Trinajstić information content (AvgIpc) is 3.47. The maximum absolute atomic E-state index is 11.9. The Bertz CT molecular complexity index is 1700. The van der Waals surface area contributed by atoms with Crippen LogP contribution in [0.2, 0.25) is 5.02 Å². The predicted octanol–water partition coefficient (Wildman–Crippen LogP) is 5.66. The van der Waals surface area contributed by atoms with E-state index in [0.29, 0.717) is 27.0 Å². The molecule has 0 aliphatic heterocycles. The largest absolute Gasteiger partial charge is 0.312 e. The molecule has 0 aliphatic rings. The van der Waals surface area contributed by atoms with Crippen LogP contribution in [0.3, 0.4) is 0 Å². The molecule has 0 spiro atoms. The van der Waals surface area contributed by atoms with Crippen molar-refractivity contribution in [3.8, 4) is 11.4 Å². The van der Waals surface area contributed by atoms with Gasteiger partial charge < -0.3 is 0 Å². The highest BCUT2D eigenvalue weighted by Gasteiger charge is 2.27. The van der Waals surface area contributed by atoms with E-state index in [-0.39, 0.29) is 16.2 Å². The summed E-state index contributed by atoms with van der Waals surface area (Å²) in [5.74, 6) is 0.627. The first-order chi connectivity index (χ1) is 16.1. The molecule has 33 heavy (non-hydrogen) atoms. The Morgan fingerprint density at radius 1 is 1.00 bits per heavy atom. The molecule has 0 amide bonds. The van der Waals surface area contributed by atoms with Crippen LogP contribution in [-0.4, -0.2) is 33.3 Å². The lowest BCUT2D eigenvalue weighted by atomic mass is 10.2. The van der Waals surface area contributed by atoms with Gasteiger partial charge in [-0.3, -0.25) is 14.5 Å². The number of hydrogen-bond acceptors (Lipinski definition) is 9. The predicted molar refractivity (Wildman–Crippen MR) is 127 cm³/mol. The molecule has 3 aromatic carbocycles. The van der Waals surface area contributed by atoms with Gasteiger partial charge in [-0.25, -0.2) is 4.98 Å². The van der Waals surface area contributed by atoms with Gasteiger partial charge in [0.1, 0.15) is 11.3 Å². The molecule has 9 nitrogen and oxygen atoms in total. The Kier molecular flexibility index (Phi) is 4.68. The highest BCUT2D eigenvalue weighted by Crippen LogP contribution is 2.42. The minimum atomic E-state index is -0.475.